The number of nitrogens with zero attached hydrogens (tertiary/aromatic N) is 1. The minimum Gasteiger partial charge on any atom is -0.397 e. The fourth-order valence-corrected chi connectivity index (χ4v) is 4.46. The van der Waals surface area contributed by atoms with Crippen LogP contribution in [0, 0.1) is 0 Å². The molecule has 0 bridgehead atoms. The normalized spacial score (nSPS) is 11.1. The molecular formula is C26H23N3O3S. The fourth-order valence-electron chi connectivity index (χ4n) is 3.46. The molecule has 7 heteroatoms. The third kappa shape index (κ3) is 4.88. The van der Waals surface area contributed by atoms with Gasteiger partial charge >= 0.3 is 0 Å². The minimum absolute atomic E-state index is 0.0182. The SMILES string of the molecule is CN(c1ccc(-c2ccccc2)cc1)c1cc(C(=O)NS(=O)(=O)c2ccccc2)ccc1N. The Morgan fingerprint density at radius 1 is 0.788 bits per heavy atom. The van der Waals surface area contributed by atoms with Crippen LogP contribution >= 0.6 is 0 Å². The van der Waals surface area contributed by atoms with Crippen LogP contribution < -0.4 is 15.4 Å². The van der Waals surface area contributed by atoms with E-state index in [1.165, 1.54) is 18.2 Å². The van der Waals surface area contributed by atoms with Crippen molar-refractivity contribution in [3.05, 3.63) is 109 Å². The molecule has 0 unspecified atom stereocenters. The molecule has 4 aromatic rings. The number of hydrogen-bond donors (Lipinski definition) is 2. The first kappa shape index (κ1) is 22.1. The number of nitrogen functional groups attached to an aromatic ring is 1. The van der Waals surface area contributed by atoms with E-state index in [1.807, 2.05) is 66.5 Å². The number of carbonyl (C=O) groups is 1. The Bertz CT molecular complexity index is 1370. The van der Waals surface area contributed by atoms with Gasteiger partial charge < -0.3 is 10.6 Å². The summed E-state index contributed by atoms with van der Waals surface area (Å²) in [5.41, 5.74) is 10.5. The highest BCUT2D eigenvalue weighted by Crippen LogP contribution is 2.31. The fraction of sp³-hybridized carbons (Fsp3) is 0.0385. The van der Waals surface area contributed by atoms with E-state index in [-0.39, 0.29) is 10.5 Å². The van der Waals surface area contributed by atoms with Crippen molar-refractivity contribution in [2.75, 3.05) is 17.7 Å². The van der Waals surface area contributed by atoms with Crippen LogP contribution in [0.25, 0.3) is 11.1 Å². The van der Waals surface area contributed by atoms with E-state index < -0.39 is 15.9 Å². The van der Waals surface area contributed by atoms with Gasteiger partial charge in [-0.05, 0) is 53.6 Å². The van der Waals surface area contributed by atoms with Crippen LogP contribution in [0.2, 0.25) is 0 Å². The number of rotatable bonds is 6. The molecule has 33 heavy (non-hydrogen) atoms. The Morgan fingerprint density at radius 2 is 1.36 bits per heavy atom. The number of sulfonamides is 1. The van der Waals surface area contributed by atoms with Gasteiger partial charge in [0.1, 0.15) is 0 Å². The summed E-state index contributed by atoms with van der Waals surface area (Å²) in [5.74, 6) is -0.729. The van der Waals surface area contributed by atoms with Crippen molar-refractivity contribution in [3.63, 3.8) is 0 Å². The Kier molecular flexibility index (Phi) is 6.15. The summed E-state index contributed by atoms with van der Waals surface area (Å²) in [4.78, 5) is 14.6. The molecule has 0 aromatic heterocycles. The molecule has 0 aliphatic rings. The summed E-state index contributed by atoms with van der Waals surface area (Å²) in [7, 11) is -2.14. The maximum absolute atomic E-state index is 12.7. The molecule has 3 N–H and O–H groups in total. The van der Waals surface area contributed by atoms with E-state index in [9.17, 15) is 13.2 Å². The quantitative estimate of drug-likeness (QED) is 0.405. The highest BCUT2D eigenvalue weighted by atomic mass is 32.2. The summed E-state index contributed by atoms with van der Waals surface area (Å²) in [6.45, 7) is 0. The van der Waals surface area contributed by atoms with Crippen molar-refractivity contribution in [2.24, 2.45) is 0 Å². The molecule has 0 aliphatic carbocycles. The number of nitrogens with one attached hydrogen (secondary N) is 1. The zero-order valence-corrected chi connectivity index (χ0v) is 18.8. The van der Waals surface area contributed by atoms with Crippen molar-refractivity contribution in [1.29, 1.82) is 0 Å². The van der Waals surface area contributed by atoms with Crippen LogP contribution in [0.1, 0.15) is 10.4 Å². The topological polar surface area (TPSA) is 92.5 Å². The lowest BCUT2D eigenvalue weighted by Crippen LogP contribution is -2.30. The maximum atomic E-state index is 12.7. The molecule has 0 atom stereocenters. The van der Waals surface area contributed by atoms with Crippen molar-refractivity contribution >= 4 is 33.0 Å². The number of nitrogens with two attached hydrogens (primary N) is 1. The number of carbonyl (C=O) groups excluding carboxylic acids is 1. The lowest BCUT2D eigenvalue weighted by Gasteiger charge is -2.22. The van der Waals surface area contributed by atoms with Gasteiger partial charge in [-0.25, -0.2) is 13.1 Å². The van der Waals surface area contributed by atoms with E-state index in [1.54, 1.807) is 30.3 Å². The number of amides is 1. The molecule has 6 nitrogen and oxygen atoms in total. The first-order valence-corrected chi connectivity index (χ1v) is 11.7. The minimum atomic E-state index is -3.98. The molecular weight excluding hydrogens is 434 g/mol. The van der Waals surface area contributed by atoms with Crippen molar-refractivity contribution < 1.29 is 13.2 Å². The standard InChI is InChI=1S/C26H23N3O3S/c1-29(22-15-12-20(13-16-22)19-8-4-2-5-9-19)25-18-21(14-17-24(25)27)26(30)28-33(31,32)23-10-6-3-7-11-23/h2-18H,27H2,1H3,(H,28,30). The van der Waals surface area contributed by atoms with Gasteiger partial charge in [-0.2, -0.15) is 0 Å². The van der Waals surface area contributed by atoms with Gasteiger partial charge in [0.25, 0.3) is 15.9 Å². The van der Waals surface area contributed by atoms with E-state index in [0.717, 1.165) is 16.8 Å². The molecule has 166 valence electrons. The predicted molar refractivity (Wildman–Crippen MR) is 132 cm³/mol. The van der Waals surface area contributed by atoms with Crippen LogP contribution in [-0.2, 0) is 10.0 Å². The van der Waals surface area contributed by atoms with Gasteiger partial charge in [0.15, 0.2) is 0 Å². The number of hydrogen-bond acceptors (Lipinski definition) is 5. The molecule has 0 fully saturated rings. The molecule has 1 amide bonds. The van der Waals surface area contributed by atoms with Crippen LogP contribution in [0.15, 0.2) is 108 Å². The molecule has 0 radical (unpaired) electrons. The zero-order valence-electron chi connectivity index (χ0n) is 18.0. The van der Waals surface area contributed by atoms with E-state index in [2.05, 4.69) is 4.72 Å². The van der Waals surface area contributed by atoms with E-state index >= 15 is 0 Å². The van der Waals surface area contributed by atoms with Crippen LogP contribution in [0.4, 0.5) is 17.1 Å². The average Bonchev–Trinajstić information content (AvgIpc) is 2.85. The van der Waals surface area contributed by atoms with Crippen LogP contribution in [0.3, 0.4) is 0 Å². The summed E-state index contributed by atoms with van der Waals surface area (Å²) >= 11 is 0. The molecule has 0 saturated carbocycles. The highest BCUT2D eigenvalue weighted by molar-refractivity contribution is 7.90. The first-order chi connectivity index (χ1) is 15.8. The second-order valence-electron chi connectivity index (χ2n) is 7.49. The second-order valence-corrected chi connectivity index (χ2v) is 9.18. The van der Waals surface area contributed by atoms with Gasteiger partial charge in [0, 0.05) is 18.3 Å². The molecule has 4 aromatic carbocycles. The van der Waals surface area contributed by atoms with E-state index in [0.29, 0.717) is 11.4 Å². The summed E-state index contributed by atoms with van der Waals surface area (Å²) in [6.07, 6.45) is 0. The molecule has 0 spiro atoms. The Hall–Kier alpha value is -4.10. The van der Waals surface area contributed by atoms with E-state index in [4.69, 9.17) is 5.73 Å². The molecule has 0 heterocycles. The lowest BCUT2D eigenvalue weighted by molar-refractivity contribution is 0.0981. The average molecular weight is 458 g/mol. The summed E-state index contributed by atoms with van der Waals surface area (Å²) < 4.78 is 27.1. The monoisotopic (exact) mass is 457 g/mol. The highest BCUT2D eigenvalue weighted by Gasteiger charge is 2.20. The molecule has 0 saturated heterocycles. The van der Waals surface area contributed by atoms with Crippen molar-refractivity contribution in [3.8, 4) is 11.1 Å². The van der Waals surface area contributed by atoms with Gasteiger partial charge in [0.05, 0.1) is 16.3 Å². The van der Waals surface area contributed by atoms with Crippen molar-refractivity contribution in [2.45, 2.75) is 4.90 Å². The Labute approximate surface area is 193 Å². The van der Waals surface area contributed by atoms with Gasteiger partial charge in [0.2, 0.25) is 0 Å². The smallest absolute Gasteiger partial charge is 0.265 e. The van der Waals surface area contributed by atoms with Crippen LogP contribution in [-0.4, -0.2) is 21.4 Å². The predicted octanol–water partition coefficient (Wildman–Crippen LogP) is 4.82. The zero-order chi connectivity index (χ0) is 23.4. The third-order valence-corrected chi connectivity index (χ3v) is 6.64. The second kappa shape index (κ2) is 9.18. The number of anilines is 3. The van der Waals surface area contributed by atoms with Crippen molar-refractivity contribution in [1.82, 2.24) is 4.72 Å². The lowest BCUT2D eigenvalue weighted by atomic mass is 10.1. The number of benzene rings is 4. The third-order valence-electron chi connectivity index (χ3n) is 5.30. The summed E-state index contributed by atoms with van der Waals surface area (Å²) in [5, 5.41) is 0. The summed E-state index contributed by atoms with van der Waals surface area (Å²) in [6, 6.07) is 30.4. The van der Waals surface area contributed by atoms with Gasteiger partial charge in [-0.1, -0.05) is 60.7 Å². The maximum Gasteiger partial charge on any atom is 0.265 e. The largest absolute Gasteiger partial charge is 0.397 e. The van der Waals surface area contributed by atoms with Gasteiger partial charge in [-0.15, -0.1) is 0 Å². The molecule has 4 rings (SSSR count). The first-order valence-electron chi connectivity index (χ1n) is 10.3. The Morgan fingerprint density at radius 3 is 2.00 bits per heavy atom. The Balaban J connectivity index is 1.57. The molecule has 0 aliphatic heterocycles. The van der Waals surface area contributed by atoms with Gasteiger partial charge in [-0.3, -0.25) is 4.79 Å². The van der Waals surface area contributed by atoms with Crippen LogP contribution in [0.5, 0.6) is 0 Å².